The largest absolute Gasteiger partial charge is 0.481 e. The van der Waals surface area contributed by atoms with Gasteiger partial charge >= 0.3 is 23.9 Å². The molecule has 0 aliphatic carbocycles. The minimum atomic E-state index is -0.948. The van der Waals surface area contributed by atoms with E-state index >= 15 is 0 Å². The average Bonchev–Trinajstić information content (AvgIpc) is 2.65. The molecule has 11 nitrogen and oxygen atoms in total. The molecule has 0 heterocycles. The quantitative estimate of drug-likeness (QED) is 0.208. The lowest BCUT2D eigenvalue weighted by molar-refractivity contribution is -0.139. The summed E-state index contributed by atoms with van der Waals surface area (Å²) in [6.45, 7) is 4.68. The molecule has 0 amide bonds. The lowest BCUT2D eigenvalue weighted by atomic mass is 10.2. The van der Waals surface area contributed by atoms with Crippen LogP contribution in [-0.4, -0.2) is 82.4 Å². The fraction of sp³-hybridized carbons (Fsp3) is 0.789. The molecule has 0 aromatic rings. The first-order valence-corrected chi connectivity index (χ1v) is 9.80. The van der Waals surface area contributed by atoms with Crippen LogP contribution in [0, 0.1) is 0 Å². The number of hydrogen-bond donors (Lipinski definition) is 5. The topological polar surface area (TPSA) is 188 Å². The van der Waals surface area contributed by atoms with Crippen LogP contribution in [0.15, 0.2) is 0 Å². The summed E-state index contributed by atoms with van der Waals surface area (Å²) in [6.07, 6.45) is 3.38. The molecule has 0 atom stereocenters. The second-order valence-corrected chi connectivity index (χ2v) is 5.94. The van der Waals surface area contributed by atoms with Gasteiger partial charge in [0.05, 0.1) is 26.4 Å². The third-order valence-corrected chi connectivity index (χ3v) is 3.06. The number of aliphatic hydroxyl groups is 1. The van der Waals surface area contributed by atoms with E-state index in [1.807, 2.05) is 0 Å². The van der Waals surface area contributed by atoms with E-state index in [1.54, 1.807) is 0 Å². The first-order valence-electron chi connectivity index (χ1n) is 9.80. The van der Waals surface area contributed by atoms with E-state index in [2.05, 4.69) is 6.92 Å². The standard InChI is InChI=1S/C8H18O3.C6H10O4.C5H8O4/c1-2-3-5-10-7-8-11-6-4-9;7-5(8)3-1-2-4-6(9)10;6-4(7)2-1-3-5(8)9/h9H,2-8H2,1H3;1-4H2,(H,7,8)(H,9,10);1-3H2,(H,6,7)(H,8,9). The third kappa shape index (κ3) is 44.9. The maximum Gasteiger partial charge on any atom is 0.303 e. The van der Waals surface area contributed by atoms with E-state index in [9.17, 15) is 19.2 Å². The molecule has 5 N–H and O–H groups in total. The van der Waals surface area contributed by atoms with Gasteiger partial charge in [-0.3, -0.25) is 19.2 Å². The number of carboxylic acids is 4. The van der Waals surface area contributed by atoms with Crippen LogP contribution >= 0.6 is 0 Å². The van der Waals surface area contributed by atoms with Gasteiger partial charge in [0.2, 0.25) is 0 Å². The van der Waals surface area contributed by atoms with Crippen LogP contribution in [0.5, 0.6) is 0 Å². The van der Waals surface area contributed by atoms with Gasteiger partial charge in [-0.15, -0.1) is 0 Å². The Labute approximate surface area is 176 Å². The van der Waals surface area contributed by atoms with Crippen molar-refractivity contribution in [1.29, 1.82) is 0 Å². The molecule has 0 saturated carbocycles. The minimum Gasteiger partial charge on any atom is -0.481 e. The molecule has 0 unspecified atom stereocenters. The molecule has 178 valence electrons. The van der Waals surface area contributed by atoms with Gasteiger partial charge < -0.3 is 35.0 Å². The summed E-state index contributed by atoms with van der Waals surface area (Å²) in [5, 5.41) is 40.7. The van der Waals surface area contributed by atoms with Gasteiger partial charge in [0.15, 0.2) is 0 Å². The molecule has 0 aromatic heterocycles. The van der Waals surface area contributed by atoms with E-state index < -0.39 is 23.9 Å². The zero-order chi connectivity index (χ0) is 23.6. The van der Waals surface area contributed by atoms with Crippen LogP contribution in [0.4, 0.5) is 0 Å². The normalized spacial score (nSPS) is 9.53. The monoisotopic (exact) mass is 440 g/mol. The molecular formula is C19H36O11. The Morgan fingerprint density at radius 1 is 0.567 bits per heavy atom. The fourth-order valence-electron chi connectivity index (χ4n) is 1.58. The number of aliphatic carboxylic acids is 4. The predicted molar refractivity (Wildman–Crippen MR) is 106 cm³/mol. The number of hydrogen-bond acceptors (Lipinski definition) is 7. The molecule has 30 heavy (non-hydrogen) atoms. The van der Waals surface area contributed by atoms with Crippen LogP contribution < -0.4 is 0 Å². The second kappa shape index (κ2) is 26.8. The van der Waals surface area contributed by atoms with Gasteiger partial charge in [-0.25, -0.2) is 0 Å². The number of carbonyl (C=O) groups is 4. The highest BCUT2D eigenvalue weighted by Crippen LogP contribution is 1.98. The summed E-state index contributed by atoms with van der Waals surface area (Å²) in [5.74, 6) is -3.64. The molecule has 0 bridgehead atoms. The molecule has 0 aliphatic rings. The number of rotatable bonds is 17. The van der Waals surface area contributed by atoms with Crippen LogP contribution in [-0.2, 0) is 28.7 Å². The van der Waals surface area contributed by atoms with Crippen molar-refractivity contribution < 1.29 is 54.2 Å². The van der Waals surface area contributed by atoms with Gasteiger partial charge in [0, 0.05) is 32.3 Å². The first kappa shape index (κ1) is 32.4. The van der Waals surface area contributed by atoms with E-state index in [0.29, 0.717) is 32.7 Å². The molecule has 0 fully saturated rings. The lowest BCUT2D eigenvalue weighted by Gasteiger charge is -2.02. The molecule has 0 aliphatic heterocycles. The van der Waals surface area contributed by atoms with Crippen molar-refractivity contribution >= 4 is 23.9 Å². The summed E-state index contributed by atoms with van der Waals surface area (Å²) in [5.41, 5.74) is 0. The Morgan fingerprint density at radius 3 is 1.27 bits per heavy atom. The number of unbranched alkanes of at least 4 members (excludes halogenated alkanes) is 2. The predicted octanol–water partition coefficient (Wildman–Crippen LogP) is 1.85. The Kier molecular flexibility index (Phi) is 28.9. The Hall–Kier alpha value is -2.24. The highest BCUT2D eigenvalue weighted by atomic mass is 16.5. The highest BCUT2D eigenvalue weighted by molar-refractivity contribution is 5.70. The summed E-state index contributed by atoms with van der Waals surface area (Å²) in [7, 11) is 0. The summed E-state index contributed by atoms with van der Waals surface area (Å²) in [4.78, 5) is 39.4. The van der Waals surface area contributed by atoms with Crippen LogP contribution in [0.1, 0.15) is 64.7 Å². The average molecular weight is 440 g/mol. The van der Waals surface area contributed by atoms with Crippen LogP contribution in [0.3, 0.4) is 0 Å². The SMILES string of the molecule is CCCCOCCOCCO.O=C(O)CCCC(=O)O.O=C(O)CCCCC(=O)O. The van der Waals surface area contributed by atoms with Gasteiger partial charge in [-0.05, 0) is 25.7 Å². The van der Waals surface area contributed by atoms with Crippen molar-refractivity contribution in [2.24, 2.45) is 0 Å². The summed E-state index contributed by atoms with van der Waals surface area (Å²) in [6, 6.07) is 0. The van der Waals surface area contributed by atoms with E-state index in [-0.39, 0.29) is 38.7 Å². The van der Waals surface area contributed by atoms with Crippen molar-refractivity contribution in [3.8, 4) is 0 Å². The minimum absolute atomic E-state index is 0.0628. The third-order valence-electron chi connectivity index (χ3n) is 3.06. The van der Waals surface area contributed by atoms with Gasteiger partial charge in [-0.1, -0.05) is 13.3 Å². The fourth-order valence-corrected chi connectivity index (χ4v) is 1.58. The van der Waals surface area contributed by atoms with Gasteiger partial charge in [0.25, 0.3) is 0 Å². The molecule has 0 aromatic carbocycles. The van der Waals surface area contributed by atoms with Crippen molar-refractivity contribution in [3.05, 3.63) is 0 Å². The molecule has 0 rings (SSSR count). The van der Waals surface area contributed by atoms with Gasteiger partial charge in [-0.2, -0.15) is 0 Å². The van der Waals surface area contributed by atoms with Crippen molar-refractivity contribution in [2.75, 3.05) is 33.0 Å². The Bertz CT molecular complexity index is 400. The van der Waals surface area contributed by atoms with E-state index in [1.165, 1.54) is 0 Å². The molecular weight excluding hydrogens is 404 g/mol. The Morgan fingerprint density at radius 2 is 0.933 bits per heavy atom. The Balaban J connectivity index is -0.000000366. The zero-order valence-electron chi connectivity index (χ0n) is 17.6. The van der Waals surface area contributed by atoms with Crippen molar-refractivity contribution in [3.63, 3.8) is 0 Å². The first-order chi connectivity index (χ1) is 14.2. The second-order valence-electron chi connectivity index (χ2n) is 5.94. The number of aliphatic hydroxyl groups excluding tert-OH is 1. The highest BCUT2D eigenvalue weighted by Gasteiger charge is 2.00. The summed E-state index contributed by atoms with van der Waals surface area (Å²) < 4.78 is 10.2. The van der Waals surface area contributed by atoms with Crippen LogP contribution in [0.2, 0.25) is 0 Å². The van der Waals surface area contributed by atoms with E-state index in [4.69, 9.17) is 35.0 Å². The van der Waals surface area contributed by atoms with Crippen LogP contribution in [0.25, 0.3) is 0 Å². The van der Waals surface area contributed by atoms with Gasteiger partial charge in [0.1, 0.15) is 0 Å². The van der Waals surface area contributed by atoms with E-state index in [0.717, 1.165) is 19.4 Å². The molecule has 11 heteroatoms. The maximum atomic E-state index is 9.90. The zero-order valence-corrected chi connectivity index (χ0v) is 17.6. The molecule has 0 radical (unpaired) electrons. The number of ether oxygens (including phenoxy) is 2. The van der Waals surface area contributed by atoms with Crippen molar-refractivity contribution in [2.45, 2.75) is 64.7 Å². The smallest absolute Gasteiger partial charge is 0.303 e. The maximum absolute atomic E-state index is 9.90. The van der Waals surface area contributed by atoms with Crippen molar-refractivity contribution in [1.82, 2.24) is 0 Å². The molecule has 0 saturated heterocycles. The number of carboxylic acid groups (broad SMARTS) is 4. The molecule has 0 spiro atoms. The summed E-state index contributed by atoms with van der Waals surface area (Å²) >= 11 is 0. The lowest BCUT2D eigenvalue weighted by Crippen LogP contribution is -2.07.